The molecule has 0 aliphatic carbocycles. The lowest BCUT2D eigenvalue weighted by atomic mass is 10.2. The van der Waals surface area contributed by atoms with Gasteiger partial charge in [-0.15, -0.1) is 0 Å². The van der Waals surface area contributed by atoms with E-state index in [0.29, 0.717) is 39.6 Å². The van der Waals surface area contributed by atoms with Crippen LogP contribution in [0.5, 0.6) is 0 Å². The van der Waals surface area contributed by atoms with Crippen LogP contribution in [0.1, 0.15) is 38.8 Å². The predicted molar refractivity (Wildman–Crippen MR) is 129 cm³/mol. The summed E-state index contributed by atoms with van der Waals surface area (Å²) in [6, 6.07) is 20.2. The Morgan fingerprint density at radius 1 is 0.515 bits per heavy atom. The molecule has 2 aromatic carbocycles. The van der Waals surface area contributed by atoms with Crippen LogP contribution in [-0.2, 0) is 41.6 Å². The van der Waals surface area contributed by atoms with Gasteiger partial charge in [0.25, 0.3) is 0 Å². The minimum Gasteiger partial charge on any atom is -0.374 e. The first kappa shape index (κ1) is 27.4. The van der Waals surface area contributed by atoms with Crippen LogP contribution in [0, 0.1) is 0 Å². The molecule has 0 amide bonds. The number of rotatable bonds is 18. The molecule has 6 nitrogen and oxygen atoms in total. The van der Waals surface area contributed by atoms with E-state index in [2.05, 4.69) is 0 Å². The van der Waals surface area contributed by atoms with Crippen molar-refractivity contribution in [1.82, 2.24) is 0 Å². The van der Waals surface area contributed by atoms with E-state index < -0.39 is 0 Å². The number of benzene rings is 2. The second-order valence-corrected chi connectivity index (χ2v) is 8.47. The van der Waals surface area contributed by atoms with Gasteiger partial charge in [0, 0.05) is 0 Å². The molecule has 6 heteroatoms. The Morgan fingerprint density at radius 2 is 0.879 bits per heavy atom. The van der Waals surface area contributed by atoms with Gasteiger partial charge >= 0.3 is 0 Å². The van der Waals surface area contributed by atoms with Crippen LogP contribution in [0.4, 0.5) is 0 Å². The lowest BCUT2D eigenvalue weighted by Gasteiger charge is -2.22. The van der Waals surface area contributed by atoms with E-state index in [1.54, 1.807) is 0 Å². The van der Waals surface area contributed by atoms with Crippen molar-refractivity contribution in [2.45, 2.75) is 65.3 Å². The molecule has 0 aromatic heterocycles. The molecule has 0 N–H and O–H groups in total. The Morgan fingerprint density at radius 3 is 1.24 bits per heavy atom. The van der Waals surface area contributed by atoms with E-state index in [1.165, 1.54) is 0 Å². The lowest BCUT2D eigenvalue weighted by molar-refractivity contribution is -0.145. The van der Waals surface area contributed by atoms with E-state index in [1.807, 2.05) is 88.4 Å². The lowest BCUT2D eigenvalue weighted by Crippen LogP contribution is -2.31. The van der Waals surface area contributed by atoms with Gasteiger partial charge in [0.2, 0.25) is 0 Å². The second kappa shape index (κ2) is 16.8. The quantitative estimate of drug-likeness (QED) is 0.231. The van der Waals surface area contributed by atoms with Crippen molar-refractivity contribution in [2.75, 3.05) is 33.2 Å². The topological polar surface area (TPSA) is 55.4 Å². The summed E-state index contributed by atoms with van der Waals surface area (Å²) >= 11 is 0. The zero-order chi connectivity index (χ0) is 23.7. The Balaban J connectivity index is 1.65. The Hall–Kier alpha value is -1.80. The molecular weight excluding hydrogens is 420 g/mol. The summed E-state index contributed by atoms with van der Waals surface area (Å²) in [5.74, 6) is 0. The second-order valence-electron chi connectivity index (χ2n) is 8.47. The smallest absolute Gasteiger partial charge is 0.146 e. The summed E-state index contributed by atoms with van der Waals surface area (Å²) in [6.45, 7) is 11.0. The summed E-state index contributed by atoms with van der Waals surface area (Å²) in [5.41, 5.74) is 2.27. The van der Waals surface area contributed by atoms with Gasteiger partial charge in [-0.25, -0.2) is 0 Å². The zero-order valence-electron chi connectivity index (χ0n) is 20.5. The molecule has 0 fully saturated rings. The molecule has 33 heavy (non-hydrogen) atoms. The molecule has 2 rings (SSSR count). The fourth-order valence-corrected chi connectivity index (χ4v) is 3.21. The van der Waals surface area contributed by atoms with Gasteiger partial charge in [-0.05, 0) is 38.8 Å². The van der Waals surface area contributed by atoms with Gasteiger partial charge in [-0.2, -0.15) is 0 Å². The molecule has 184 valence electrons. The highest BCUT2D eigenvalue weighted by Gasteiger charge is 2.14. The van der Waals surface area contributed by atoms with Gasteiger partial charge in [-0.1, -0.05) is 60.7 Å². The molecule has 0 aliphatic heterocycles. The summed E-state index contributed by atoms with van der Waals surface area (Å²) in [7, 11) is 0. The van der Waals surface area contributed by atoms with Crippen LogP contribution >= 0.6 is 0 Å². The van der Waals surface area contributed by atoms with E-state index in [9.17, 15) is 0 Å². The molecule has 0 aliphatic rings. The molecule has 0 saturated carbocycles. The fourth-order valence-electron chi connectivity index (χ4n) is 3.21. The maximum Gasteiger partial charge on any atom is 0.146 e. The van der Waals surface area contributed by atoms with Gasteiger partial charge in [0.15, 0.2) is 0 Å². The minimum atomic E-state index is -0.158. The SMILES string of the molecule is CC(C)OC(COCOCC(COCc1ccccc1)OC(C)C)COCc1ccccc1. The van der Waals surface area contributed by atoms with E-state index in [-0.39, 0.29) is 31.2 Å². The first-order valence-electron chi connectivity index (χ1n) is 11.7. The van der Waals surface area contributed by atoms with Crippen molar-refractivity contribution >= 4 is 0 Å². The average molecular weight is 461 g/mol. The molecule has 0 radical (unpaired) electrons. The largest absolute Gasteiger partial charge is 0.374 e. The molecule has 0 bridgehead atoms. The van der Waals surface area contributed by atoms with Gasteiger partial charge < -0.3 is 28.4 Å². The van der Waals surface area contributed by atoms with E-state index in [4.69, 9.17) is 28.4 Å². The third-order valence-corrected chi connectivity index (χ3v) is 4.53. The maximum atomic E-state index is 5.91. The normalized spacial score (nSPS) is 13.5. The third-order valence-electron chi connectivity index (χ3n) is 4.53. The molecule has 0 saturated heterocycles. The van der Waals surface area contributed by atoms with Crippen molar-refractivity contribution in [3.05, 3.63) is 71.8 Å². The van der Waals surface area contributed by atoms with Gasteiger partial charge in [0.05, 0.1) is 51.8 Å². The molecule has 0 spiro atoms. The summed E-state index contributed by atoms with van der Waals surface area (Å²) in [5, 5.41) is 0. The molecule has 2 atom stereocenters. The van der Waals surface area contributed by atoms with Crippen LogP contribution < -0.4 is 0 Å². The van der Waals surface area contributed by atoms with E-state index >= 15 is 0 Å². The Bertz CT molecular complexity index is 646. The highest BCUT2D eigenvalue weighted by atomic mass is 16.7. The minimum absolute atomic E-state index is 0.0884. The zero-order valence-corrected chi connectivity index (χ0v) is 20.5. The molecule has 2 aromatic rings. The first-order valence-corrected chi connectivity index (χ1v) is 11.7. The van der Waals surface area contributed by atoms with Crippen molar-refractivity contribution in [2.24, 2.45) is 0 Å². The molecule has 0 heterocycles. The standard InChI is InChI=1S/C27H40O6/c1-22(2)32-26(17-28-15-24-11-7-5-8-12-24)19-30-21-31-20-27(33-23(3)4)18-29-16-25-13-9-6-10-14-25/h5-14,22-23,26-27H,15-21H2,1-4H3. The monoisotopic (exact) mass is 460 g/mol. The van der Waals surface area contributed by atoms with Crippen LogP contribution in [0.2, 0.25) is 0 Å². The summed E-state index contributed by atoms with van der Waals surface area (Å²) in [6.07, 6.45) is -0.140. The fraction of sp³-hybridized carbons (Fsp3) is 0.556. The van der Waals surface area contributed by atoms with Crippen molar-refractivity contribution in [3.8, 4) is 0 Å². The molecular formula is C27H40O6. The van der Waals surface area contributed by atoms with Crippen molar-refractivity contribution in [1.29, 1.82) is 0 Å². The van der Waals surface area contributed by atoms with Crippen LogP contribution in [0.3, 0.4) is 0 Å². The maximum absolute atomic E-state index is 5.91. The number of ether oxygens (including phenoxy) is 6. The summed E-state index contributed by atoms with van der Waals surface area (Å²) < 4.78 is 34.9. The van der Waals surface area contributed by atoms with Crippen molar-refractivity contribution < 1.29 is 28.4 Å². The Labute approximate surface area is 199 Å². The highest BCUT2D eigenvalue weighted by molar-refractivity contribution is 5.14. The third kappa shape index (κ3) is 13.5. The van der Waals surface area contributed by atoms with Crippen molar-refractivity contribution in [3.63, 3.8) is 0 Å². The van der Waals surface area contributed by atoms with Crippen LogP contribution in [0.25, 0.3) is 0 Å². The average Bonchev–Trinajstić information content (AvgIpc) is 2.79. The first-order chi connectivity index (χ1) is 16.0. The molecule has 2 unspecified atom stereocenters. The van der Waals surface area contributed by atoms with Crippen LogP contribution in [-0.4, -0.2) is 57.6 Å². The highest BCUT2D eigenvalue weighted by Crippen LogP contribution is 2.07. The van der Waals surface area contributed by atoms with Gasteiger partial charge in [-0.3, -0.25) is 0 Å². The van der Waals surface area contributed by atoms with Gasteiger partial charge in [0.1, 0.15) is 19.0 Å². The summed E-state index contributed by atoms with van der Waals surface area (Å²) in [4.78, 5) is 0. The number of hydrogen-bond acceptors (Lipinski definition) is 6. The number of hydrogen-bond donors (Lipinski definition) is 0. The van der Waals surface area contributed by atoms with E-state index in [0.717, 1.165) is 11.1 Å². The Kier molecular flexibility index (Phi) is 13.9. The predicted octanol–water partition coefficient (Wildman–Crippen LogP) is 5.00. The van der Waals surface area contributed by atoms with Crippen LogP contribution in [0.15, 0.2) is 60.7 Å².